The van der Waals surface area contributed by atoms with Crippen LogP contribution >= 0.6 is 0 Å². The van der Waals surface area contributed by atoms with E-state index < -0.39 is 5.82 Å². The smallest absolute Gasteiger partial charge is 0.253 e. The molecule has 0 unspecified atom stereocenters. The lowest BCUT2D eigenvalue weighted by Gasteiger charge is -2.12. The summed E-state index contributed by atoms with van der Waals surface area (Å²) in [4.78, 5) is 29.0. The summed E-state index contributed by atoms with van der Waals surface area (Å²) in [6.07, 6.45) is 8.33. The van der Waals surface area contributed by atoms with Gasteiger partial charge in [-0.25, -0.2) is 4.39 Å². The van der Waals surface area contributed by atoms with Crippen LogP contribution < -0.4 is 10.6 Å². The Kier molecular flexibility index (Phi) is 5.60. The molecular formula is C23H26FN3O2. The van der Waals surface area contributed by atoms with Crippen molar-refractivity contribution in [2.24, 2.45) is 0 Å². The first-order valence-corrected chi connectivity index (χ1v) is 10.4. The van der Waals surface area contributed by atoms with Crippen LogP contribution in [0.5, 0.6) is 0 Å². The third kappa shape index (κ3) is 4.81. The van der Waals surface area contributed by atoms with Gasteiger partial charge in [-0.2, -0.15) is 0 Å². The van der Waals surface area contributed by atoms with Gasteiger partial charge in [0, 0.05) is 36.0 Å². The van der Waals surface area contributed by atoms with Crippen LogP contribution in [-0.2, 0) is 6.42 Å². The Morgan fingerprint density at radius 1 is 1.00 bits per heavy atom. The zero-order valence-electron chi connectivity index (χ0n) is 16.6. The molecule has 2 aromatic rings. The van der Waals surface area contributed by atoms with Gasteiger partial charge in [0.2, 0.25) is 0 Å². The summed E-state index contributed by atoms with van der Waals surface area (Å²) >= 11 is 0. The number of carbonyl (C=O) groups excluding carboxylic acids is 2. The largest absolute Gasteiger partial charge is 0.349 e. The lowest BCUT2D eigenvalue weighted by molar-refractivity contribution is 0.0933. The molecule has 4 rings (SSSR count). The zero-order chi connectivity index (χ0) is 20.4. The maximum absolute atomic E-state index is 14.4. The van der Waals surface area contributed by atoms with E-state index in [0.717, 1.165) is 49.8 Å². The fourth-order valence-corrected chi connectivity index (χ4v) is 3.74. The molecule has 1 heterocycles. The van der Waals surface area contributed by atoms with Gasteiger partial charge >= 0.3 is 0 Å². The van der Waals surface area contributed by atoms with Gasteiger partial charge in [-0.1, -0.05) is 12.8 Å². The molecule has 0 saturated heterocycles. The van der Waals surface area contributed by atoms with E-state index in [1.54, 1.807) is 31.3 Å². The standard InChI is InChI=1S/C23H26FN3O2/c1-14-16(10-17(12-21(14)24)23(29)27-19-8-9-19)11-20-7-6-15(13-25-20)22(28)26-18-4-2-3-5-18/h6-7,10,12-13,18-19H,2-5,8-9,11H2,1H3,(H,26,28)(H,27,29). The van der Waals surface area contributed by atoms with Gasteiger partial charge in [0.15, 0.2) is 0 Å². The fraction of sp³-hybridized carbons (Fsp3) is 0.435. The van der Waals surface area contributed by atoms with Gasteiger partial charge in [0.1, 0.15) is 5.82 Å². The summed E-state index contributed by atoms with van der Waals surface area (Å²) in [5.74, 6) is -0.729. The number of amides is 2. The number of hydrogen-bond donors (Lipinski definition) is 2. The van der Waals surface area contributed by atoms with Gasteiger partial charge in [0.05, 0.1) is 5.56 Å². The molecule has 1 aromatic heterocycles. The van der Waals surface area contributed by atoms with Crippen molar-refractivity contribution in [3.05, 3.63) is 64.2 Å². The Bertz CT molecular complexity index is 916. The third-order valence-corrected chi connectivity index (χ3v) is 5.78. The van der Waals surface area contributed by atoms with Gasteiger partial charge in [0.25, 0.3) is 11.8 Å². The fourth-order valence-electron chi connectivity index (χ4n) is 3.74. The molecule has 2 fully saturated rings. The Balaban J connectivity index is 1.46. The van der Waals surface area contributed by atoms with E-state index in [1.165, 1.54) is 6.07 Å². The molecule has 0 spiro atoms. The van der Waals surface area contributed by atoms with Crippen molar-refractivity contribution < 1.29 is 14.0 Å². The van der Waals surface area contributed by atoms with Crippen LogP contribution in [0.3, 0.4) is 0 Å². The van der Waals surface area contributed by atoms with Gasteiger partial charge < -0.3 is 10.6 Å². The molecule has 0 atom stereocenters. The van der Waals surface area contributed by atoms with Gasteiger partial charge in [-0.3, -0.25) is 14.6 Å². The first kappa shape index (κ1) is 19.6. The predicted molar refractivity (Wildman–Crippen MR) is 108 cm³/mol. The van der Waals surface area contributed by atoms with E-state index in [0.29, 0.717) is 23.1 Å². The minimum atomic E-state index is -0.393. The molecule has 1 aromatic carbocycles. The summed E-state index contributed by atoms with van der Waals surface area (Å²) in [5.41, 5.74) is 2.83. The van der Waals surface area contributed by atoms with Crippen molar-refractivity contribution in [3.63, 3.8) is 0 Å². The van der Waals surface area contributed by atoms with E-state index in [9.17, 15) is 14.0 Å². The molecule has 0 aliphatic heterocycles. The van der Waals surface area contributed by atoms with Crippen LogP contribution in [0.4, 0.5) is 4.39 Å². The number of pyridine rings is 1. The van der Waals surface area contributed by atoms with Crippen LogP contribution in [0, 0.1) is 12.7 Å². The molecular weight excluding hydrogens is 369 g/mol. The number of nitrogens with one attached hydrogen (secondary N) is 2. The minimum absolute atomic E-state index is 0.100. The molecule has 29 heavy (non-hydrogen) atoms. The van der Waals surface area contributed by atoms with Crippen molar-refractivity contribution >= 4 is 11.8 Å². The summed E-state index contributed by atoms with van der Waals surface area (Å²) in [6.45, 7) is 1.71. The number of aromatic nitrogens is 1. The number of carbonyl (C=O) groups is 2. The molecule has 6 heteroatoms. The maximum Gasteiger partial charge on any atom is 0.253 e. The highest BCUT2D eigenvalue weighted by Crippen LogP contribution is 2.22. The second-order valence-electron chi connectivity index (χ2n) is 8.16. The lowest BCUT2D eigenvalue weighted by atomic mass is 9.99. The Hall–Kier alpha value is -2.76. The lowest BCUT2D eigenvalue weighted by Crippen LogP contribution is -2.32. The summed E-state index contributed by atoms with van der Waals surface area (Å²) in [6, 6.07) is 7.05. The highest BCUT2D eigenvalue weighted by molar-refractivity contribution is 5.95. The van der Waals surface area contributed by atoms with Crippen LogP contribution in [0.1, 0.15) is 76.1 Å². The van der Waals surface area contributed by atoms with Crippen molar-refractivity contribution in [3.8, 4) is 0 Å². The SMILES string of the molecule is Cc1c(F)cc(C(=O)NC2CC2)cc1Cc1ccc(C(=O)NC2CCCC2)cn1. The average molecular weight is 395 g/mol. The average Bonchev–Trinajstić information content (AvgIpc) is 3.38. The minimum Gasteiger partial charge on any atom is -0.349 e. The number of benzene rings is 1. The molecule has 152 valence electrons. The van der Waals surface area contributed by atoms with Crippen LogP contribution in [0.15, 0.2) is 30.5 Å². The van der Waals surface area contributed by atoms with Crippen molar-refractivity contribution in [1.82, 2.24) is 15.6 Å². The van der Waals surface area contributed by atoms with Gasteiger partial charge in [-0.05, 0) is 68.0 Å². The zero-order valence-corrected chi connectivity index (χ0v) is 16.6. The Labute approximate surface area is 170 Å². The van der Waals surface area contributed by atoms with Crippen LogP contribution in [0.25, 0.3) is 0 Å². The van der Waals surface area contributed by atoms with E-state index in [2.05, 4.69) is 15.6 Å². The van der Waals surface area contributed by atoms with Gasteiger partial charge in [-0.15, -0.1) is 0 Å². The normalized spacial score (nSPS) is 16.6. The highest BCUT2D eigenvalue weighted by Gasteiger charge is 2.24. The number of rotatable bonds is 6. The summed E-state index contributed by atoms with van der Waals surface area (Å²) < 4.78 is 14.4. The summed E-state index contributed by atoms with van der Waals surface area (Å²) in [7, 11) is 0. The molecule has 2 aliphatic carbocycles. The topological polar surface area (TPSA) is 71.1 Å². The van der Waals surface area contributed by atoms with E-state index in [-0.39, 0.29) is 23.9 Å². The van der Waals surface area contributed by atoms with Crippen LogP contribution in [0.2, 0.25) is 0 Å². The third-order valence-electron chi connectivity index (χ3n) is 5.78. The summed E-state index contributed by atoms with van der Waals surface area (Å²) in [5, 5.41) is 5.94. The molecule has 0 radical (unpaired) electrons. The number of nitrogens with zero attached hydrogens (tertiary/aromatic N) is 1. The molecule has 2 saturated carbocycles. The predicted octanol–water partition coefficient (Wildman–Crippen LogP) is 3.68. The molecule has 2 aliphatic rings. The molecule has 2 N–H and O–H groups in total. The molecule has 2 amide bonds. The van der Waals surface area contributed by atoms with E-state index >= 15 is 0 Å². The molecule has 0 bridgehead atoms. The van der Waals surface area contributed by atoms with Crippen LogP contribution in [-0.4, -0.2) is 28.9 Å². The van der Waals surface area contributed by atoms with E-state index in [4.69, 9.17) is 0 Å². The Morgan fingerprint density at radius 3 is 2.28 bits per heavy atom. The quantitative estimate of drug-likeness (QED) is 0.784. The van der Waals surface area contributed by atoms with Crippen molar-refractivity contribution in [1.29, 1.82) is 0 Å². The Morgan fingerprint density at radius 2 is 1.66 bits per heavy atom. The molecule has 5 nitrogen and oxygen atoms in total. The number of hydrogen-bond acceptors (Lipinski definition) is 3. The van der Waals surface area contributed by atoms with Crippen molar-refractivity contribution in [2.45, 2.75) is 64.0 Å². The monoisotopic (exact) mass is 395 g/mol. The van der Waals surface area contributed by atoms with Crippen molar-refractivity contribution in [2.75, 3.05) is 0 Å². The second kappa shape index (κ2) is 8.31. The number of halogens is 1. The first-order chi connectivity index (χ1) is 14.0. The maximum atomic E-state index is 14.4. The van der Waals surface area contributed by atoms with E-state index in [1.807, 2.05) is 0 Å². The highest BCUT2D eigenvalue weighted by atomic mass is 19.1. The second-order valence-corrected chi connectivity index (χ2v) is 8.16. The first-order valence-electron chi connectivity index (χ1n) is 10.4.